The van der Waals surface area contributed by atoms with E-state index in [1.165, 1.54) is 25.1 Å². The lowest BCUT2D eigenvalue weighted by Gasteiger charge is -2.09. The van der Waals surface area contributed by atoms with Gasteiger partial charge in [-0.3, -0.25) is 10.1 Å². The molecular weight excluding hydrogens is 265 g/mol. The van der Waals surface area contributed by atoms with Gasteiger partial charge < -0.3 is 11.1 Å². The van der Waals surface area contributed by atoms with Gasteiger partial charge >= 0.3 is 5.69 Å². The molecule has 0 bridgehead atoms. The predicted octanol–water partition coefficient (Wildman–Crippen LogP) is 2.47. The van der Waals surface area contributed by atoms with Crippen LogP contribution in [-0.2, 0) is 0 Å². The normalized spacial score (nSPS) is 10.3. The minimum Gasteiger partial charge on any atom is -0.368 e. The number of anilines is 3. The Hall–Kier alpha value is -2.77. The number of nitrogens with two attached hydrogens (primary N) is 1. The maximum Gasteiger partial charge on any atom is 0.332 e. The highest BCUT2D eigenvalue weighted by Gasteiger charge is 2.21. The fourth-order valence-corrected chi connectivity index (χ4v) is 1.75. The molecule has 0 aliphatic carbocycles. The Morgan fingerprint density at radius 2 is 2.05 bits per heavy atom. The van der Waals surface area contributed by atoms with Crippen molar-refractivity contribution >= 4 is 23.1 Å². The maximum atomic E-state index is 13.2. The van der Waals surface area contributed by atoms with Crippen molar-refractivity contribution in [3.05, 3.63) is 45.4 Å². The van der Waals surface area contributed by atoms with E-state index in [1.54, 1.807) is 6.92 Å². The average Bonchev–Trinajstić information content (AvgIpc) is 2.32. The first-order valence-electron chi connectivity index (χ1n) is 5.70. The molecule has 2 rings (SSSR count). The Bertz CT molecular complexity index is 690. The molecule has 104 valence electrons. The van der Waals surface area contributed by atoms with Gasteiger partial charge in [0.15, 0.2) is 0 Å². The van der Waals surface area contributed by atoms with Crippen LogP contribution in [0.4, 0.5) is 27.5 Å². The van der Waals surface area contributed by atoms with Crippen molar-refractivity contribution in [2.75, 3.05) is 11.1 Å². The number of aromatic nitrogens is 2. The van der Waals surface area contributed by atoms with Crippen LogP contribution in [-0.4, -0.2) is 14.9 Å². The van der Waals surface area contributed by atoms with Crippen LogP contribution in [0.15, 0.2) is 18.2 Å². The lowest BCUT2D eigenvalue weighted by atomic mass is 10.2. The van der Waals surface area contributed by atoms with Crippen molar-refractivity contribution in [1.82, 2.24) is 9.97 Å². The molecule has 1 aromatic heterocycles. The first-order chi connectivity index (χ1) is 9.38. The number of nitrogens with zero attached hydrogens (tertiary/aromatic N) is 3. The minimum absolute atomic E-state index is 0.0222. The summed E-state index contributed by atoms with van der Waals surface area (Å²) in [4.78, 5) is 18.0. The van der Waals surface area contributed by atoms with Gasteiger partial charge in [0, 0.05) is 5.69 Å². The van der Waals surface area contributed by atoms with Gasteiger partial charge in [0.05, 0.1) is 4.92 Å². The quantitative estimate of drug-likeness (QED) is 0.659. The van der Waals surface area contributed by atoms with Crippen LogP contribution in [0.1, 0.15) is 11.3 Å². The third-order valence-corrected chi connectivity index (χ3v) is 2.68. The van der Waals surface area contributed by atoms with Crippen molar-refractivity contribution in [3.63, 3.8) is 0 Å². The van der Waals surface area contributed by atoms with Gasteiger partial charge in [-0.1, -0.05) is 0 Å². The standard InChI is InChI=1S/C12H12FN5O2/c1-6-5-8(3-4-9(6)13)16-11-10(18(19)20)7(2)15-12(14)17-11/h3-5H,1-2H3,(H3,14,15,16,17). The molecule has 0 atom stereocenters. The van der Waals surface area contributed by atoms with Crippen LogP contribution in [0.3, 0.4) is 0 Å². The molecule has 0 amide bonds. The van der Waals surface area contributed by atoms with Gasteiger partial charge in [0.2, 0.25) is 11.8 Å². The number of hydrogen-bond acceptors (Lipinski definition) is 6. The van der Waals surface area contributed by atoms with Crippen LogP contribution in [0.2, 0.25) is 0 Å². The summed E-state index contributed by atoms with van der Waals surface area (Å²) in [7, 11) is 0. The Balaban J connectivity index is 2.47. The molecule has 1 heterocycles. The minimum atomic E-state index is -0.590. The summed E-state index contributed by atoms with van der Waals surface area (Å²) in [6.45, 7) is 3.06. The fraction of sp³-hybridized carbons (Fsp3) is 0.167. The van der Waals surface area contributed by atoms with Crippen LogP contribution in [0.5, 0.6) is 0 Å². The predicted molar refractivity (Wildman–Crippen MR) is 72.3 cm³/mol. The zero-order valence-corrected chi connectivity index (χ0v) is 10.8. The molecule has 0 unspecified atom stereocenters. The monoisotopic (exact) mass is 277 g/mol. The highest BCUT2D eigenvalue weighted by molar-refractivity contribution is 5.68. The highest BCUT2D eigenvalue weighted by atomic mass is 19.1. The number of benzene rings is 1. The maximum absolute atomic E-state index is 13.2. The summed E-state index contributed by atoms with van der Waals surface area (Å²) >= 11 is 0. The van der Waals surface area contributed by atoms with Crippen molar-refractivity contribution in [3.8, 4) is 0 Å². The Kier molecular flexibility index (Phi) is 3.47. The molecular formula is C12H12FN5O2. The molecule has 0 radical (unpaired) electrons. The molecule has 0 saturated heterocycles. The van der Waals surface area contributed by atoms with Gasteiger partial charge in [-0.2, -0.15) is 4.98 Å². The van der Waals surface area contributed by atoms with E-state index in [0.717, 1.165) is 0 Å². The van der Waals surface area contributed by atoms with Crippen LogP contribution in [0, 0.1) is 29.8 Å². The van der Waals surface area contributed by atoms with Crippen molar-refractivity contribution < 1.29 is 9.31 Å². The molecule has 0 spiro atoms. The van der Waals surface area contributed by atoms with Crippen molar-refractivity contribution in [2.45, 2.75) is 13.8 Å². The zero-order chi connectivity index (χ0) is 14.9. The second-order valence-electron chi connectivity index (χ2n) is 4.21. The molecule has 3 N–H and O–H groups in total. The van der Waals surface area contributed by atoms with Crippen LogP contribution < -0.4 is 11.1 Å². The number of nitrogen functional groups attached to an aromatic ring is 1. The lowest BCUT2D eigenvalue weighted by molar-refractivity contribution is -0.385. The average molecular weight is 277 g/mol. The SMILES string of the molecule is Cc1cc(Nc2nc(N)nc(C)c2[N+](=O)[O-])ccc1F. The van der Waals surface area contributed by atoms with Gasteiger partial charge in [-0.05, 0) is 37.6 Å². The van der Waals surface area contributed by atoms with E-state index in [9.17, 15) is 14.5 Å². The highest BCUT2D eigenvalue weighted by Crippen LogP contribution is 2.29. The summed E-state index contributed by atoms with van der Waals surface area (Å²) in [5.74, 6) is -0.455. The number of nitrogens with one attached hydrogen (secondary N) is 1. The molecule has 8 heteroatoms. The second kappa shape index (κ2) is 5.08. The van der Waals surface area contributed by atoms with Gasteiger partial charge in [0.25, 0.3) is 0 Å². The summed E-state index contributed by atoms with van der Waals surface area (Å²) in [5, 5.41) is 13.8. The zero-order valence-electron chi connectivity index (χ0n) is 10.8. The smallest absolute Gasteiger partial charge is 0.332 e. The number of nitro groups is 1. The summed E-state index contributed by atoms with van der Waals surface area (Å²) in [5.41, 5.74) is 6.27. The first kappa shape index (κ1) is 13.7. The van der Waals surface area contributed by atoms with E-state index in [2.05, 4.69) is 15.3 Å². The Morgan fingerprint density at radius 1 is 1.35 bits per heavy atom. The first-order valence-corrected chi connectivity index (χ1v) is 5.70. The molecule has 20 heavy (non-hydrogen) atoms. The number of halogens is 1. The van der Waals surface area contributed by atoms with Gasteiger partial charge in [0.1, 0.15) is 11.5 Å². The molecule has 1 aromatic carbocycles. The largest absolute Gasteiger partial charge is 0.368 e. The number of aryl methyl sites for hydroxylation is 2. The van der Waals surface area contributed by atoms with Gasteiger partial charge in [-0.25, -0.2) is 9.37 Å². The second-order valence-corrected chi connectivity index (χ2v) is 4.21. The Morgan fingerprint density at radius 3 is 2.65 bits per heavy atom. The van der Waals surface area contributed by atoms with E-state index in [0.29, 0.717) is 11.3 Å². The lowest BCUT2D eigenvalue weighted by Crippen LogP contribution is -2.07. The fourth-order valence-electron chi connectivity index (χ4n) is 1.75. The third-order valence-electron chi connectivity index (χ3n) is 2.68. The third kappa shape index (κ3) is 2.63. The number of hydrogen-bond donors (Lipinski definition) is 2. The molecule has 2 aromatic rings. The van der Waals surface area contributed by atoms with E-state index in [4.69, 9.17) is 5.73 Å². The summed E-state index contributed by atoms with van der Waals surface area (Å²) in [6.07, 6.45) is 0. The molecule has 7 nitrogen and oxygen atoms in total. The van der Waals surface area contributed by atoms with Crippen LogP contribution >= 0.6 is 0 Å². The van der Waals surface area contributed by atoms with E-state index in [1.807, 2.05) is 0 Å². The molecule has 0 aliphatic heterocycles. The topological polar surface area (TPSA) is 107 Å². The van der Waals surface area contributed by atoms with E-state index < -0.39 is 4.92 Å². The van der Waals surface area contributed by atoms with Gasteiger partial charge in [-0.15, -0.1) is 0 Å². The molecule has 0 saturated carbocycles. The molecule has 0 aliphatic rings. The van der Waals surface area contributed by atoms with Crippen LogP contribution in [0.25, 0.3) is 0 Å². The van der Waals surface area contributed by atoms with E-state index >= 15 is 0 Å². The van der Waals surface area contributed by atoms with Crippen molar-refractivity contribution in [2.24, 2.45) is 0 Å². The Labute approximate surface area is 113 Å². The van der Waals surface area contributed by atoms with Crippen molar-refractivity contribution in [1.29, 1.82) is 0 Å². The molecule has 0 fully saturated rings. The number of rotatable bonds is 3. The van der Waals surface area contributed by atoms with E-state index in [-0.39, 0.29) is 29.0 Å². The summed E-state index contributed by atoms with van der Waals surface area (Å²) in [6, 6.07) is 4.24. The summed E-state index contributed by atoms with van der Waals surface area (Å²) < 4.78 is 13.2.